The first-order valence-electron chi connectivity index (χ1n) is 10.0. The van der Waals surface area contributed by atoms with Gasteiger partial charge in [-0.2, -0.15) is 0 Å². The number of rotatable bonds is 10. The van der Waals surface area contributed by atoms with E-state index in [0.29, 0.717) is 12.1 Å². The molecule has 0 spiro atoms. The summed E-state index contributed by atoms with van der Waals surface area (Å²) in [6.45, 7) is 17.9. The highest BCUT2D eigenvalue weighted by molar-refractivity contribution is 5.73. The van der Waals surface area contributed by atoms with Crippen LogP contribution in [0.15, 0.2) is 36.0 Å². The van der Waals surface area contributed by atoms with Gasteiger partial charge in [0.2, 0.25) is 0 Å². The second kappa shape index (κ2) is 10.9. The molecule has 1 rings (SSSR count). The average molecular weight is 385 g/mol. The highest BCUT2D eigenvalue weighted by Gasteiger charge is 2.25. The fraction of sp³-hybridized carbons (Fsp3) is 0.542. The van der Waals surface area contributed by atoms with Gasteiger partial charge in [0.25, 0.3) is 0 Å². The summed E-state index contributed by atoms with van der Waals surface area (Å²) in [5, 5.41) is 0. The van der Waals surface area contributed by atoms with E-state index in [-0.39, 0.29) is 12.4 Å². The number of carbonyl (C=O) groups excluding carboxylic acids is 1. The van der Waals surface area contributed by atoms with Crippen LogP contribution in [0.2, 0.25) is 0 Å². The Morgan fingerprint density at radius 1 is 1.04 bits per heavy atom. The molecule has 1 atom stereocenters. The quantitative estimate of drug-likeness (QED) is 0.372. The van der Waals surface area contributed by atoms with E-state index in [4.69, 9.17) is 4.74 Å². The molecule has 0 bridgehead atoms. The summed E-state index contributed by atoms with van der Waals surface area (Å²) in [5.41, 5.74) is 5.20. The van der Waals surface area contributed by atoms with Crippen molar-refractivity contribution in [3.05, 3.63) is 58.7 Å². The summed E-state index contributed by atoms with van der Waals surface area (Å²) < 4.78 is 5.75. The highest BCUT2D eigenvalue weighted by atomic mass is 16.6. The Kier molecular flexibility index (Phi) is 9.30. The van der Waals surface area contributed by atoms with E-state index in [9.17, 15) is 4.79 Å². The van der Waals surface area contributed by atoms with Crippen LogP contribution in [-0.4, -0.2) is 21.5 Å². The zero-order chi connectivity index (χ0) is 21.3. The first-order chi connectivity index (χ1) is 13.1. The van der Waals surface area contributed by atoms with E-state index in [1.165, 1.54) is 11.1 Å². The molecule has 1 aromatic heterocycles. The van der Waals surface area contributed by atoms with Gasteiger partial charge in [-0.1, -0.05) is 29.9 Å². The fourth-order valence-corrected chi connectivity index (χ4v) is 2.85. The number of ether oxygens (including phenoxy) is 1. The van der Waals surface area contributed by atoms with E-state index in [0.717, 1.165) is 36.3 Å². The van der Waals surface area contributed by atoms with E-state index in [1.54, 1.807) is 6.08 Å². The summed E-state index contributed by atoms with van der Waals surface area (Å²) in [4.78, 5) is 21.4. The molecule has 1 aromatic rings. The number of hydrogen-bond acceptors (Lipinski definition) is 4. The molecule has 0 aliphatic rings. The van der Waals surface area contributed by atoms with Crippen molar-refractivity contribution in [2.75, 3.05) is 0 Å². The molecule has 0 saturated heterocycles. The molecule has 0 aliphatic heterocycles. The van der Waals surface area contributed by atoms with E-state index in [1.807, 2.05) is 27.7 Å². The standard InChI is InChI=1S/C24H36N2O2/c1-9-24(8,15-11-14-18(4)13-10-12-17(2)3)28-23(27)16-22-21(7)25-19(5)20(6)26-22/h9,12,14H,1,10-11,13,15-16H2,2-8H3. The van der Waals surface area contributed by atoms with Gasteiger partial charge in [0.05, 0.1) is 29.2 Å². The minimum atomic E-state index is -0.686. The number of allylic oxidation sites excluding steroid dienone is 4. The molecule has 28 heavy (non-hydrogen) atoms. The topological polar surface area (TPSA) is 52.1 Å². The monoisotopic (exact) mass is 384 g/mol. The summed E-state index contributed by atoms with van der Waals surface area (Å²) in [6.07, 6.45) is 10.0. The SMILES string of the molecule is C=CC(C)(CCC=C(C)CCC=C(C)C)OC(=O)Cc1nc(C)c(C)nc1C. The van der Waals surface area contributed by atoms with Crippen molar-refractivity contribution in [1.82, 2.24) is 9.97 Å². The zero-order valence-corrected chi connectivity index (χ0v) is 18.7. The third-order valence-electron chi connectivity index (χ3n) is 4.89. The van der Waals surface area contributed by atoms with Gasteiger partial charge in [-0.05, 0) is 80.2 Å². The Balaban J connectivity index is 2.63. The summed E-state index contributed by atoms with van der Waals surface area (Å²) in [6, 6.07) is 0. The number of aryl methyl sites for hydroxylation is 3. The van der Waals surface area contributed by atoms with Crippen LogP contribution in [0.4, 0.5) is 0 Å². The summed E-state index contributed by atoms with van der Waals surface area (Å²) in [7, 11) is 0. The molecule has 4 heteroatoms. The third-order valence-corrected chi connectivity index (χ3v) is 4.89. The molecule has 4 nitrogen and oxygen atoms in total. The Morgan fingerprint density at radius 2 is 1.68 bits per heavy atom. The minimum Gasteiger partial charge on any atom is -0.455 e. The van der Waals surface area contributed by atoms with Crippen molar-refractivity contribution in [1.29, 1.82) is 0 Å². The molecule has 0 aromatic carbocycles. The summed E-state index contributed by atoms with van der Waals surface area (Å²) in [5.74, 6) is -0.299. The number of aromatic nitrogens is 2. The molecule has 0 fully saturated rings. The molecule has 0 saturated carbocycles. The van der Waals surface area contributed by atoms with Crippen molar-refractivity contribution in [3.8, 4) is 0 Å². The van der Waals surface area contributed by atoms with Crippen LogP contribution in [-0.2, 0) is 16.0 Å². The van der Waals surface area contributed by atoms with Gasteiger partial charge in [-0.25, -0.2) is 0 Å². The number of esters is 1. The Bertz CT molecular complexity index is 758. The lowest BCUT2D eigenvalue weighted by Crippen LogP contribution is -2.30. The molecule has 0 radical (unpaired) electrons. The normalized spacial score (nSPS) is 13.6. The van der Waals surface area contributed by atoms with Crippen LogP contribution in [0.1, 0.15) is 76.2 Å². The number of nitrogens with zero attached hydrogens (tertiary/aromatic N) is 2. The van der Waals surface area contributed by atoms with Crippen LogP contribution in [0.25, 0.3) is 0 Å². The van der Waals surface area contributed by atoms with Crippen molar-refractivity contribution in [3.63, 3.8) is 0 Å². The lowest BCUT2D eigenvalue weighted by Gasteiger charge is -2.26. The van der Waals surface area contributed by atoms with Gasteiger partial charge in [0.15, 0.2) is 0 Å². The van der Waals surface area contributed by atoms with Crippen molar-refractivity contribution >= 4 is 5.97 Å². The average Bonchev–Trinajstić information content (AvgIpc) is 2.59. The van der Waals surface area contributed by atoms with Gasteiger partial charge in [0.1, 0.15) is 5.60 Å². The maximum atomic E-state index is 12.5. The van der Waals surface area contributed by atoms with Crippen LogP contribution in [0.3, 0.4) is 0 Å². The fourth-order valence-electron chi connectivity index (χ4n) is 2.85. The van der Waals surface area contributed by atoms with Crippen LogP contribution in [0, 0.1) is 20.8 Å². The largest absolute Gasteiger partial charge is 0.455 e. The first-order valence-corrected chi connectivity index (χ1v) is 10.0. The van der Waals surface area contributed by atoms with Crippen molar-refractivity contribution < 1.29 is 9.53 Å². The second-order valence-electron chi connectivity index (χ2n) is 8.00. The lowest BCUT2D eigenvalue weighted by molar-refractivity contribution is -0.153. The smallest absolute Gasteiger partial charge is 0.312 e. The van der Waals surface area contributed by atoms with E-state index >= 15 is 0 Å². The molecular weight excluding hydrogens is 348 g/mol. The second-order valence-corrected chi connectivity index (χ2v) is 8.00. The van der Waals surface area contributed by atoms with Crippen LogP contribution < -0.4 is 0 Å². The third kappa shape index (κ3) is 8.20. The first kappa shape index (κ1) is 23.8. The Morgan fingerprint density at radius 3 is 2.29 bits per heavy atom. The molecule has 154 valence electrons. The molecule has 1 heterocycles. The summed E-state index contributed by atoms with van der Waals surface area (Å²) >= 11 is 0. The number of carbonyl (C=O) groups is 1. The minimum absolute atomic E-state index is 0.126. The van der Waals surface area contributed by atoms with E-state index in [2.05, 4.69) is 49.5 Å². The molecule has 1 unspecified atom stereocenters. The zero-order valence-electron chi connectivity index (χ0n) is 18.7. The predicted octanol–water partition coefficient (Wildman–Crippen LogP) is 5.91. The van der Waals surface area contributed by atoms with Crippen LogP contribution in [0.5, 0.6) is 0 Å². The van der Waals surface area contributed by atoms with Gasteiger partial charge in [0, 0.05) is 0 Å². The maximum absolute atomic E-state index is 12.5. The van der Waals surface area contributed by atoms with Gasteiger partial charge in [-0.3, -0.25) is 14.8 Å². The maximum Gasteiger partial charge on any atom is 0.312 e. The van der Waals surface area contributed by atoms with Crippen LogP contribution >= 0.6 is 0 Å². The molecule has 0 amide bonds. The Labute approximate surface area is 170 Å². The molecule has 0 N–H and O–H groups in total. The Hall–Kier alpha value is -2.23. The molecule has 0 aliphatic carbocycles. The van der Waals surface area contributed by atoms with Gasteiger partial charge >= 0.3 is 5.97 Å². The molecular formula is C24H36N2O2. The van der Waals surface area contributed by atoms with E-state index < -0.39 is 5.60 Å². The number of hydrogen-bond donors (Lipinski definition) is 0. The van der Waals surface area contributed by atoms with Gasteiger partial charge in [-0.15, -0.1) is 0 Å². The predicted molar refractivity (Wildman–Crippen MR) is 116 cm³/mol. The van der Waals surface area contributed by atoms with Gasteiger partial charge < -0.3 is 4.74 Å². The van der Waals surface area contributed by atoms with Crippen molar-refractivity contribution in [2.45, 2.75) is 86.2 Å². The van der Waals surface area contributed by atoms with Crippen molar-refractivity contribution in [2.24, 2.45) is 0 Å². The highest BCUT2D eigenvalue weighted by Crippen LogP contribution is 2.22. The lowest BCUT2D eigenvalue weighted by atomic mass is 9.98.